The summed E-state index contributed by atoms with van der Waals surface area (Å²) in [5.74, 6) is 0. The Hall–Kier alpha value is -1.13. The Morgan fingerprint density at radius 2 is 2.10 bits per heavy atom. The molecule has 1 unspecified atom stereocenters. The second kappa shape index (κ2) is 7.23. The van der Waals surface area contributed by atoms with Crippen molar-refractivity contribution in [3.8, 4) is 0 Å². The molecule has 2 aliphatic heterocycles. The molecule has 0 radical (unpaired) electrons. The Bertz CT molecular complexity index is 442. The molecule has 0 amide bonds. The number of likely N-dealkylation sites (tertiary alicyclic amines) is 1. The molecule has 0 aliphatic carbocycles. The van der Waals surface area contributed by atoms with Crippen molar-refractivity contribution in [1.82, 2.24) is 15.2 Å². The lowest BCUT2D eigenvalue weighted by Crippen LogP contribution is -2.41. The Morgan fingerprint density at radius 1 is 1.24 bits per heavy atom. The molecule has 2 aliphatic rings. The predicted molar refractivity (Wildman–Crippen MR) is 87.7 cm³/mol. The first-order valence-electron chi connectivity index (χ1n) is 8.51. The highest BCUT2D eigenvalue weighted by Gasteiger charge is 2.29. The molecule has 1 atom stereocenters. The highest BCUT2D eigenvalue weighted by molar-refractivity contribution is 5.52. The molecule has 2 fully saturated rings. The van der Waals surface area contributed by atoms with Crippen LogP contribution in [-0.2, 0) is 6.54 Å². The van der Waals surface area contributed by atoms with Crippen LogP contribution in [0.4, 0.5) is 5.69 Å². The van der Waals surface area contributed by atoms with E-state index in [0.717, 1.165) is 19.1 Å². The molecule has 116 valence electrons. The van der Waals surface area contributed by atoms with Crippen LogP contribution in [0.15, 0.2) is 18.5 Å². The van der Waals surface area contributed by atoms with Crippen LogP contribution in [0.25, 0.3) is 0 Å². The van der Waals surface area contributed by atoms with E-state index in [-0.39, 0.29) is 0 Å². The van der Waals surface area contributed by atoms with Gasteiger partial charge in [0.05, 0.1) is 11.9 Å². The molecule has 1 N–H and O–H groups in total. The van der Waals surface area contributed by atoms with Crippen LogP contribution < -0.4 is 10.2 Å². The molecule has 0 spiro atoms. The van der Waals surface area contributed by atoms with E-state index in [4.69, 9.17) is 0 Å². The van der Waals surface area contributed by atoms with Gasteiger partial charge in [0.1, 0.15) is 0 Å². The van der Waals surface area contributed by atoms with Crippen molar-refractivity contribution in [2.24, 2.45) is 0 Å². The fourth-order valence-corrected chi connectivity index (χ4v) is 3.65. The third-order valence-electron chi connectivity index (χ3n) is 4.86. The largest absolute Gasteiger partial charge is 0.368 e. The van der Waals surface area contributed by atoms with Gasteiger partial charge >= 0.3 is 0 Å². The third kappa shape index (κ3) is 3.55. The molecule has 0 saturated carbocycles. The van der Waals surface area contributed by atoms with Gasteiger partial charge in [0, 0.05) is 31.9 Å². The zero-order valence-electron chi connectivity index (χ0n) is 13.2. The number of pyridine rings is 1. The summed E-state index contributed by atoms with van der Waals surface area (Å²) in [5, 5.41) is 3.44. The van der Waals surface area contributed by atoms with Crippen LogP contribution in [0.2, 0.25) is 0 Å². The highest BCUT2D eigenvalue weighted by Crippen LogP contribution is 2.27. The number of nitrogens with zero attached hydrogens (tertiary/aromatic N) is 3. The Balaban J connectivity index is 1.65. The van der Waals surface area contributed by atoms with E-state index in [0.29, 0.717) is 0 Å². The van der Waals surface area contributed by atoms with Crippen LogP contribution in [0, 0.1) is 0 Å². The predicted octanol–water partition coefficient (Wildman–Crippen LogP) is 2.26. The molecular formula is C17H28N4. The van der Waals surface area contributed by atoms with Crippen molar-refractivity contribution in [2.45, 2.75) is 45.2 Å². The first-order valence-corrected chi connectivity index (χ1v) is 8.51. The Labute approximate surface area is 128 Å². The molecule has 0 bridgehead atoms. The number of hydrogen-bond donors (Lipinski definition) is 1. The van der Waals surface area contributed by atoms with Gasteiger partial charge in [-0.15, -0.1) is 0 Å². The SMILES string of the molecule is CCNCc1ccncc1N1CCC(N2CCCCC2)C1. The zero-order chi connectivity index (χ0) is 14.5. The molecular weight excluding hydrogens is 260 g/mol. The van der Waals surface area contributed by atoms with Crippen LogP contribution in [-0.4, -0.2) is 48.6 Å². The van der Waals surface area contributed by atoms with Crippen molar-refractivity contribution < 1.29 is 0 Å². The van der Waals surface area contributed by atoms with Crippen molar-refractivity contribution in [3.63, 3.8) is 0 Å². The fourth-order valence-electron chi connectivity index (χ4n) is 3.65. The maximum Gasteiger partial charge on any atom is 0.0598 e. The van der Waals surface area contributed by atoms with E-state index >= 15 is 0 Å². The Kier molecular flexibility index (Phi) is 5.09. The van der Waals surface area contributed by atoms with Gasteiger partial charge in [-0.3, -0.25) is 9.88 Å². The summed E-state index contributed by atoms with van der Waals surface area (Å²) in [6, 6.07) is 2.91. The van der Waals surface area contributed by atoms with Crippen LogP contribution in [0.1, 0.15) is 38.2 Å². The lowest BCUT2D eigenvalue weighted by atomic mass is 10.1. The quantitative estimate of drug-likeness (QED) is 0.900. The van der Waals surface area contributed by atoms with E-state index in [1.54, 1.807) is 0 Å². The minimum Gasteiger partial charge on any atom is -0.368 e. The maximum absolute atomic E-state index is 4.35. The van der Waals surface area contributed by atoms with Gasteiger partial charge in [0.25, 0.3) is 0 Å². The number of nitrogens with one attached hydrogen (secondary N) is 1. The molecule has 4 nitrogen and oxygen atoms in total. The van der Waals surface area contributed by atoms with Gasteiger partial charge in [0.15, 0.2) is 0 Å². The normalized spacial score (nSPS) is 23.7. The summed E-state index contributed by atoms with van der Waals surface area (Å²) < 4.78 is 0. The van der Waals surface area contributed by atoms with Gasteiger partial charge in [0.2, 0.25) is 0 Å². The van der Waals surface area contributed by atoms with Crippen molar-refractivity contribution in [1.29, 1.82) is 0 Å². The van der Waals surface area contributed by atoms with Gasteiger partial charge in [-0.2, -0.15) is 0 Å². The molecule has 21 heavy (non-hydrogen) atoms. The topological polar surface area (TPSA) is 31.4 Å². The summed E-state index contributed by atoms with van der Waals surface area (Å²) in [6.45, 7) is 9.06. The number of aromatic nitrogens is 1. The number of piperidine rings is 1. The van der Waals surface area contributed by atoms with Gasteiger partial charge < -0.3 is 10.2 Å². The number of hydrogen-bond acceptors (Lipinski definition) is 4. The summed E-state index contributed by atoms with van der Waals surface area (Å²) in [6.07, 6.45) is 9.45. The molecule has 0 aromatic carbocycles. The van der Waals surface area contributed by atoms with Crippen molar-refractivity contribution >= 4 is 5.69 Å². The Morgan fingerprint density at radius 3 is 2.90 bits per heavy atom. The molecule has 1 aromatic heterocycles. The van der Waals surface area contributed by atoms with Crippen LogP contribution in [0.5, 0.6) is 0 Å². The van der Waals surface area contributed by atoms with Gasteiger partial charge in [-0.25, -0.2) is 0 Å². The smallest absolute Gasteiger partial charge is 0.0598 e. The lowest BCUT2D eigenvalue weighted by molar-refractivity contribution is 0.175. The summed E-state index contributed by atoms with van der Waals surface area (Å²) >= 11 is 0. The first-order chi connectivity index (χ1) is 10.4. The van der Waals surface area contributed by atoms with Crippen molar-refractivity contribution in [2.75, 3.05) is 37.6 Å². The average molecular weight is 288 g/mol. The summed E-state index contributed by atoms with van der Waals surface area (Å²) in [7, 11) is 0. The number of rotatable bonds is 5. The monoisotopic (exact) mass is 288 g/mol. The van der Waals surface area contributed by atoms with E-state index in [1.807, 2.05) is 12.4 Å². The van der Waals surface area contributed by atoms with Crippen LogP contribution >= 0.6 is 0 Å². The minimum atomic E-state index is 0.748. The molecule has 2 saturated heterocycles. The second-order valence-electron chi connectivity index (χ2n) is 6.27. The summed E-state index contributed by atoms with van der Waals surface area (Å²) in [5.41, 5.74) is 2.71. The van der Waals surface area contributed by atoms with E-state index in [1.165, 1.54) is 63.1 Å². The van der Waals surface area contributed by atoms with Crippen LogP contribution in [0.3, 0.4) is 0 Å². The average Bonchev–Trinajstić information content (AvgIpc) is 3.04. The first kappa shape index (κ1) is 14.8. The van der Waals surface area contributed by atoms with Gasteiger partial charge in [-0.05, 0) is 50.5 Å². The molecule has 3 rings (SSSR count). The zero-order valence-corrected chi connectivity index (χ0v) is 13.2. The van der Waals surface area contributed by atoms with Crippen molar-refractivity contribution in [3.05, 3.63) is 24.0 Å². The fraction of sp³-hybridized carbons (Fsp3) is 0.706. The maximum atomic E-state index is 4.35. The highest BCUT2D eigenvalue weighted by atomic mass is 15.3. The molecule has 4 heteroatoms. The van der Waals surface area contributed by atoms with E-state index in [2.05, 4.69) is 33.1 Å². The second-order valence-corrected chi connectivity index (χ2v) is 6.27. The number of anilines is 1. The third-order valence-corrected chi connectivity index (χ3v) is 4.86. The lowest BCUT2D eigenvalue weighted by Gasteiger charge is -2.32. The minimum absolute atomic E-state index is 0.748. The summed E-state index contributed by atoms with van der Waals surface area (Å²) in [4.78, 5) is 9.61. The standard InChI is InChI=1S/C17H28N4/c1-2-18-12-15-6-8-19-13-17(15)21-11-7-16(14-21)20-9-4-3-5-10-20/h6,8,13,16,18H,2-5,7,9-12,14H2,1H3. The van der Waals surface area contributed by atoms with E-state index in [9.17, 15) is 0 Å². The van der Waals surface area contributed by atoms with E-state index < -0.39 is 0 Å². The molecule has 3 heterocycles. The molecule has 1 aromatic rings. The van der Waals surface area contributed by atoms with Gasteiger partial charge in [-0.1, -0.05) is 13.3 Å².